The van der Waals surface area contributed by atoms with Crippen LogP contribution in [0.2, 0.25) is 0 Å². The largest absolute Gasteiger partial charge is 0.434 e. The Morgan fingerprint density at radius 2 is 2.14 bits per heavy atom. The van der Waals surface area contributed by atoms with Gasteiger partial charge in [0.1, 0.15) is 0 Å². The molecule has 14 heavy (non-hydrogen) atoms. The minimum Gasteiger partial charge on any atom is -0.434 e. The summed E-state index contributed by atoms with van der Waals surface area (Å²) in [7, 11) is 1.53. The summed E-state index contributed by atoms with van der Waals surface area (Å²) < 4.78 is 15.9. The van der Waals surface area contributed by atoms with Crippen molar-refractivity contribution in [3.63, 3.8) is 0 Å². The normalized spacial score (nSPS) is 47.4. The highest BCUT2D eigenvalue weighted by atomic mass is 16.7. The average molecular weight is 200 g/mol. The molecule has 2 aliphatic heterocycles. The summed E-state index contributed by atoms with van der Waals surface area (Å²) in [6.07, 6.45) is 0.0474. The number of carbonyl (C=O) groups excluding carboxylic acids is 1. The summed E-state index contributed by atoms with van der Waals surface area (Å²) in [4.78, 5) is 11.5. The van der Waals surface area contributed by atoms with Gasteiger partial charge in [0.15, 0.2) is 6.10 Å². The van der Waals surface area contributed by atoms with Crippen LogP contribution in [0, 0.1) is 11.8 Å². The van der Waals surface area contributed by atoms with E-state index >= 15 is 0 Å². The first-order chi connectivity index (χ1) is 6.63. The molecule has 2 heterocycles. The molecule has 80 valence electrons. The summed E-state index contributed by atoms with van der Waals surface area (Å²) >= 11 is 0. The second-order valence-electron chi connectivity index (χ2n) is 4.20. The molecule has 0 aromatic rings. The lowest BCUT2D eigenvalue weighted by molar-refractivity contribution is -0.174. The Balaban J connectivity index is 2.21. The smallest absolute Gasteiger partial charge is 0.337 e. The Morgan fingerprint density at radius 3 is 2.79 bits per heavy atom. The third-order valence-electron chi connectivity index (χ3n) is 3.16. The number of methoxy groups -OCH3 is 1. The lowest BCUT2D eigenvalue weighted by atomic mass is 9.88. The molecule has 0 aromatic carbocycles. The third kappa shape index (κ3) is 1.42. The molecule has 2 aliphatic rings. The van der Waals surface area contributed by atoms with Crippen LogP contribution in [0.5, 0.6) is 0 Å². The fourth-order valence-corrected chi connectivity index (χ4v) is 2.42. The van der Waals surface area contributed by atoms with Gasteiger partial charge in [-0.1, -0.05) is 13.8 Å². The summed E-state index contributed by atoms with van der Waals surface area (Å²) in [5, 5.41) is 0. The molecule has 0 aromatic heterocycles. The molecular weight excluding hydrogens is 184 g/mol. The Morgan fingerprint density at radius 1 is 1.43 bits per heavy atom. The van der Waals surface area contributed by atoms with Crippen molar-refractivity contribution in [3.8, 4) is 0 Å². The van der Waals surface area contributed by atoms with Crippen molar-refractivity contribution in [2.45, 2.75) is 38.8 Å². The monoisotopic (exact) mass is 200 g/mol. The zero-order chi connectivity index (χ0) is 10.3. The summed E-state index contributed by atoms with van der Waals surface area (Å²) in [6, 6.07) is 0. The number of carbonyl (C=O) groups is 1. The summed E-state index contributed by atoms with van der Waals surface area (Å²) in [6.45, 7) is 4.09. The van der Waals surface area contributed by atoms with Crippen LogP contribution in [0.4, 0.5) is 0 Å². The minimum atomic E-state index is -0.479. The van der Waals surface area contributed by atoms with Gasteiger partial charge >= 0.3 is 5.97 Å². The quantitative estimate of drug-likeness (QED) is 0.591. The van der Waals surface area contributed by atoms with E-state index in [1.807, 2.05) is 6.92 Å². The van der Waals surface area contributed by atoms with Crippen LogP contribution in [0.3, 0.4) is 0 Å². The minimum absolute atomic E-state index is 0.0648. The van der Waals surface area contributed by atoms with Gasteiger partial charge in [0.2, 0.25) is 6.29 Å². The second kappa shape index (κ2) is 3.51. The van der Waals surface area contributed by atoms with Gasteiger partial charge in [-0.15, -0.1) is 0 Å². The van der Waals surface area contributed by atoms with Gasteiger partial charge in [-0.25, -0.2) is 4.79 Å². The number of rotatable bonds is 1. The predicted molar refractivity (Wildman–Crippen MR) is 48.5 cm³/mol. The van der Waals surface area contributed by atoms with E-state index in [1.54, 1.807) is 0 Å². The SMILES string of the molecule is CO[C@H]1C(=O)OC2C[C@@H](C)[C@@H](O2)C1C. The topological polar surface area (TPSA) is 44.8 Å². The van der Waals surface area contributed by atoms with E-state index in [0.717, 1.165) is 6.42 Å². The maximum Gasteiger partial charge on any atom is 0.337 e. The van der Waals surface area contributed by atoms with Gasteiger partial charge in [0.25, 0.3) is 0 Å². The highest BCUT2D eigenvalue weighted by Crippen LogP contribution is 2.36. The van der Waals surface area contributed by atoms with E-state index in [2.05, 4.69) is 6.92 Å². The molecule has 0 radical (unpaired) electrons. The molecule has 4 nitrogen and oxygen atoms in total. The van der Waals surface area contributed by atoms with Crippen molar-refractivity contribution in [1.82, 2.24) is 0 Å². The van der Waals surface area contributed by atoms with E-state index in [0.29, 0.717) is 5.92 Å². The fraction of sp³-hybridized carbons (Fsp3) is 0.900. The number of ether oxygens (including phenoxy) is 3. The zero-order valence-corrected chi connectivity index (χ0v) is 8.73. The molecular formula is C10H16O4. The molecule has 0 N–H and O–H groups in total. The molecule has 0 saturated carbocycles. The molecule has 0 amide bonds. The highest BCUT2D eigenvalue weighted by molar-refractivity contribution is 5.75. The van der Waals surface area contributed by atoms with E-state index in [4.69, 9.17) is 14.2 Å². The van der Waals surface area contributed by atoms with Gasteiger partial charge in [-0.3, -0.25) is 0 Å². The number of fused-ring (bicyclic) bond motifs is 2. The lowest BCUT2D eigenvalue weighted by Crippen LogP contribution is -2.38. The van der Waals surface area contributed by atoms with Crippen molar-refractivity contribution >= 4 is 5.97 Å². The Hall–Kier alpha value is -0.610. The van der Waals surface area contributed by atoms with Crippen molar-refractivity contribution in [2.75, 3.05) is 7.11 Å². The number of hydrogen-bond acceptors (Lipinski definition) is 4. The van der Waals surface area contributed by atoms with Gasteiger partial charge in [-0.2, -0.15) is 0 Å². The molecule has 2 fully saturated rings. The molecule has 0 aliphatic carbocycles. The van der Waals surface area contributed by atoms with Crippen molar-refractivity contribution in [2.24, 2.45) is 11.8 Å². The first kappa shape index (κ1) is 9.93. The van der Waals surface area contributed by atoms with Crippen molar-refractivity contribution in [3.05, 3.63) is 0 Å². The molecule has 2 bridgehead atoms. The van der Waals surface area contributed by atoms with Gasteiger partial charge in [0, 0.05) is 19.4 Å². The maximum absolute atomic E-state index is 11.5. The van der Waals surface area contributed by atoms with E-state index in [9.17, 15) is 4.79 Å². The van der Waals surface area contributed by atoms with Crippen LogP contribution < -0.4 is 0 Å². The standard InChI is InChI=1S/C10H16O4/c1-5-4-7-13-8(5)6(2)9(12-3)10(11)14-7/h5-9H,4H2,1-3H3/t5-,6?,7?,8-,9-/m1/s1. The Kier molecular flexibility index (Phi) is 2.49. The van der Waals surface area contributed by atoms with Crippen LogP contribution in [0.1, 0.15) is 20.3 Å². The van der Waals surface area contributed by atoms with Crippen LogP contribution in [-0.2, 0) is 19.0 Å². The second-order valence-corrected chi connectivity index (χ2v) is 4.20. The van der Waals surface area contributed by atoms with Crippen LogP contribution in [-0.4, -0.2) is 31.6 Å². The van der Waals surface area contributed by atoms with E-state index in [-0.39, 0.29) is 24.3 Å². The van der Waals surface area contributed by atoms with Crippen molar-refractivity contribution < 1.29 is 19.0 Å². The fourth-order valence-electron chi connectivity index (χ4n) is 2.42. The van der Waals surface area contributed by atoms with Crippen LogP contribution >= 0.6 is 0 Å². The Bertz CT molecular complexity index is 240. The van der Waals surface area contributed by atoms with Crippen molar-refractivity contribution in [1.29, 1.82) is 0 Å². The lowest BCUT2D eigenvalue weighted by Gasteiger charge is -2.25. The van der Waals surface area contributed by atoms with Gasteiger partial charge in [-0.05, 0) is 5.92 Å². The van der Waals surface area contributed by atoms with Crippen LogP contribution in [0.25, 0.3) is 0 Å². The first-order valence-electron chi connectivity index (χ1n) is 5.02. The summed E-state index contributed by atoms with van der Waals surface area (Å²) in [5.41, 5.74) is 0. The maximum atomic E-state index is 11.5. The molecule has 0 spiro atoms. The first-order valence-corrected chi connectivity index (χ1v) is 5.02. The van der Waals surface area contributed by atoms with E-state index < -0.39 is 6.10 Å². The van der Waals surface area contributed by atoms with E-state index in [1.165, 1.54) is 7.11 Å². The van der Waals surface area contributed by atoms with Crippen LogP contribution in [0.15, 0.2) is 0 Å². The number of esters is 1. The number of hydrogen-bond donors (Lipinski definition) is 0. The third-order valence-corrected chi connectivity index (χ3v) is 3.16. The molecule has 4 heteroatoms. The Labute approximate surface area is 83.5 Å². The zero-order valence-electron chi connectivity index (χ0n) is 8.73. The van der Waals surface area contributed by atoms with Gasteiger partial charge < -0.3 is 14.2 Å². The molecule has 2 saturated heterocycles. The summed E-state index contributed by atoms with van der Waals surface area (Å²) in [5.74, 6) is 0.204. The average Bonchev–Trinajstić information content (AvgIpc) is 2.41. The molecule has 5 atom stereocenters. The molecule has 2 unspecified atom stereocenters. The highest BCUT2D eigenvalue weighted by Gasteiger charge is 2.46. The molecule has 2 rings (SSSR count). The van der Waals surface area contributed by atoms with Gasteiger partial charge in [0.05, 0.1) is 6.10 Å². The predicted octanol–water partition coefficient (Wildman–Crippen LogP) is 0.945.